The third-order valence-electron chi connectivity index (χ3n) is 3.45. The van der Waals surface area contributed by atoms with Gasteiger partial charge < -0.3 is 4.57 Å². The zero-order valence-corrected chi connectivity index (χ0v) is 12.7. The lowest BCUT2D eigenvalue weighted by molar-refractivity contribution is 0.521. The topological polar surface area (TPSA) is 17.8 Å². The van der Waals surface area contributed by atoms with Gasteiger partial charge in [0.2, 0.25) is 0 Å². The fourth-order valence-corrected chi connectivity index (χ4v) is 2.56. The second-order valence-electron chi connectivity index (χ2n) is 4.75. The molecule has 0 fully saturated rings. The van der Waals surface area contributed by atoms with Gasteiger partial charge in [-0.15, -0.1) is 11.6 Å². The van der Waals surface area contributed by atoms with E-state index in [2.05, 4.69) is 23.4 Å². The number of alkyl halides is 1. The third kappa shape index (κ3) is 2.12. The second-order valence-corrected chi connectivity index (χ2v) is 5.82. The maximum absolute atomic E-state index is 6.26. The maximum atomic E-state index is 6.26. The Balaban J connectivity index is 2.83. The van der Waals surface area contributed by atoms with Gasteiger partial charge >= 0.3 is 0 Å². The Morgan fingerprint density at radius 3 is 2.56 bits per heavy atom. The Kier molecular flexibility index (Phi) is 3.88. The molecule has 2 nitrogen and oxygen atoms in total. The summed E-state index contributed by atoms with van der Waals surface area (Å²) in [6.45, 7) is 8.34. The molecule has 18 heavy (non-hydrogen) atoms. The van der Waals surface area contributed by atoms with E-state index < -0.39 is 0 Å². The van der Waals surface area contributed by atoms with Crippen molar-refractivity contribution in [2.75, 3.05) is 0 Å². The third-order valence-corrected chi connectivity index (χ3v) is 4.06. The number of imidazole rings is 1. The lowest BCUT2D eigenvalue weighted by Crippen LogP contribution is -2.09. The van der Waals surface area contributed by atoms with Crippen molar-refractivity contribution in [2.45, 2.75) is 45.5 Å². The molecule has 2 unspecified atom stereocenters. The van der Waals surface area contributed by atoms with E-state index in [1.807, 2.05) is 26.0 Å². The molecule has 2 atom stereocenters. The molecule has 2 rings (SSSR count). The zero-order valence-electron chi connectivity index (χ0n) is 11.2. The predicted octanol–water partition coefficient (Wildman–Crippen LogP) is 5.27. The molecule has 2 aromatic rings. The van der Waals surface area contributed by atoms with Crippen LogP contribution in [0.1, 0.15) is 50.0 Å². The minimum absolute atomic E-state index is 0.107. The monoisotopic (exact) mass is 284 g/mol. The van der Waals surface area contributed by atoms with E-state index in [0.717, 1.165) is 33.9 Å². The number of rotatable bonds is 3. The Morgan fingerprint density at radius 2 is 2.00 bits per heavy atom. The fraction of sp³-hybridized carbons (Fsp3) is 0.500. The lowest BCUT2D eigenvalue weighted by atomic mass is 10.1. The van der Waals surface area contributed by atoms with Crippen molar-refractivity contribution >= 4 is 34.2 Å². The number of fused-ring (bicyclic) bond motifs is 1. The summed E-state index contributed by atoms with van der Waals surface area (Å²) < 4.78 is 2.23. The van der Waals surface area contributed by atoms with Crippen molar-refractivity contribution in [3.8, 4) is 0 Å². The van der Waals surface area contributed by atoms with Gasteiger partial charge in [-0.1, -0.05) is 18.5 Å². The number of aromatic nitrogens is 2. The summed E-state index contributed by atoms with van der Waals surface area (Å²) in [6.07, 6.45) is 1.04. The van der Waals surface area contributed by atoms with Gasteiger partial charge in [0.25, 0.3) is 0 Å². The van der Waals surface area contributed by atoms with Crippen LogP contribution >= 0.6 is 23.2 Å². The first-order valence-electron chi connectivity index (χ1n) is 6.28. The predicted molar refractivity (Wildman–Crippen MR) is 78.8 cm³/mol. The van der Waals surface area contributed by atoms with E-state index in [1.165, 1.54) is 0 Å². The summed E-state index contributed by atoms with van der Waals surface area (Å²) in [6, 6.07) is 4.23. The van der Waals surface area contributed by atoms with Crippen LogP contribution in [-0.4, -0.2) is 9.55 Å². The largest absolute Gasteiger partial charge is 0.324 e. The molecule has 4 heteroatoms. The van der Waals surface area contributed by atoms with Gasteiger partial charge in [0.05, 0.1) is 16.4 Å². The highest BCUT2D eigenvalue weighted by Crippen LogP contribution is 2.33. The van der Waals surface area contributed by atoms with Crippen molar-refractivity contribution in [3.63, 3.8) is 0 Å². The summed E-state index contributed by atoms with van der Waals surface area (Å²) in [5.41, 5.74) is 3.16. The molecular formula is C14H18Cl2N2. The Bertz CT molecular complexity index is 573. The normalized spacial score (nSPS) is 15.0. The summed E-state index contributed by atoms with van der Waals surface area (Å²) in [5.74, 6) is 0.923. The molecular weight excluding hydrogens is 267 g/mol. The Hall–Kier alpha value is -0.730. The molecule has 0 saturated heterocycles. The van der Waals surface area contributed by atoms with E-state index in [9.17, 15) is 0 Å². The highest BCUT2D eigenvalue weighted by Gasteiger charge is 2.20. The van der Waals surface area contributed by atoms with E-state index in [1.54, 1.807) is 0 Å². The molecule has 98 valence electrons. The zero-order chi connectivity index (χ0) is 13.4. The quantitative estimate of drug-likeness (QED) is 0.702. The van der Waals surface area contributed by atoms with E-state index in [4.69, 9.17) is 23.2 Å². The lowest BCUT2D eigenvalue weighted by Gasteiger charge is -2.18. The Labute approximate surface area is 118 Å². The number of nitrogens with zero attached hydrogens (tertiary/aromatic N) is 2. The van der Waals surface area contributed by atoms with Crippen LogP contribution in [0.25, 0.3) is 11.0 Å². The van der Waals surface area contributed by atoms with Crippen molar-refractivity contribution in [1.82, 2.24) is 9.55 Å². The minimum atomic E-state index is -0.107. The first-order valence-corrected chi connectivity index (χ1v) is 7.09. The molecule has 0 N–H and O–H groups in total. The first-order chi connectivity index (χ1) is 8.47. The molecule has 0 radical (unpaired) electrons. The van der Waals surface area contributed by atoms with E-state index in [0.29, 0.717) is 6.04 Å². The van der Waals surface area contributed by atoms with Crippen LogP contribution < -0.4 is 0 Å². The number of hydrogen-bond acceptors (Lipinski definition) is 1. The van der Waals surface area contributed by atoms with Gasteiger partial charge in [0.1, 0.15) is 5.82 Å². The SMILES string of the molecule is CCC(C)n1c(C(C)Cl)nc2ccc(Cl)c(C)c21. The fourth-order valence-electron chi connectivity index (χ4n) is 2.26. The Morgan fingerprint density at radius 1 is 1.33 bits per heavy atom. The summed E-state index contributed by atoms with van der Waals surface area (Å²) >= 11 is 12.5. The summed E-state index contributed by atoms with van der Waals surface area (Å²) in [7, 11) is 0. The van der Waals surface area contributed by atoms with Crippen molar-refractivity contribution < 1.29 is 0 Å². The van der Waals surface area contributed by atoms with Gasteiger partial charge in [0.15, 0.2) is 0 Å². The van der Waals surface area contributed by atoms with Crippen LogP contribution in [0.4, 0.5) is 0 Å². The number of hydrogen-bond donors (Lipinski definition) is 0. The van der Waals surface area contributed by atoms with E-state index in [-0.39, 0.29) is 5.38 Å². The van der Waals surface area contributed by atoms with Crippen LogP contribution in [0.3, 0.4) is 0 Å². The van der Waals surface area contributed by atoms with Gasteiger partial charge in [-0.05, 0) is 44.9 Å². The highest BCUT2D eigenvalue weighted by atomic mass is 35.5. The smallest absolute Gasteiger partial charge is 0.127 e. The number of aryl methyl sites for hydroxylation is 1. The minimum Gasteiger partial charge on any atom is -0.324 e. The molecule has 1 aromatic carbocycles. The van der Waals surface area contributed by atoms with Gasteiger partial charge in [0, 0.05) is 11.1 Å². The standard InChI is InChI=1S/C14H18Cl2N2/c1-5-8(2)18-13-9(3)11(16)6-7-12(13)17-14(18)10(4)15/h6-8,10H,5H2,1-4H3. The molecule has 0 spiro atoms. The molecule has 0 aliphatic carbocycles. The average Bonchev–Trinajstić information content (AvgIpc) is 2.73. The van der Waals surface area contributed by atoms with Gasteiger partial charge in [-0.25, -0.2) is 4.98 Å². The van der Waals surface area contributed by atoms with Crippen molar-refractivity contribution in [1.29, 1.82) is 0 Å². The molecule has 0 bridgehead atoms. The number of benzene rings is 1. The summed E-state index contributed by atoms with van der Waals surface area (Å²) in [4.78, 5) is 4.66. The van der Waals surface area contributed by atoms with Crippen LogP contribution in [0.15, 0.2) is 12.1 Å². The first kappa shape index (κ1) is 13.7. The molecule has 0 amide bonds. The average molecular weight is 285 g/mol. The molecule has 0 aliphatic heterocycles. The van der Waals surface area contributed by atoms with Gasteiger partial charge in [-0.2, -0.15) is 0 Å². The van der Waals surface area contributed by atoms with Crippen LogP contribution in [0.5, 0.6) is 0 Å². The molecule has 1 heterocycles. The van der Waals surface area contributed by atoms with E-state index >= 15 is 0 Å². The number of halogens is 2. The van der Waals surface area contributed by atoms with Crippen molar-refractivity contribution in [2.24, 2.45) is 0 Å². The molecule has 0 saturated carbocycles. The van der Waals surface area contributed by atoms with Crippen LogP contribution in [-0.2, 0) is 0 Å². The van der Waals surface area contributed by atoms with Crippen LogP contribution in [0, 0.1) is 6.92 Å². The highest BCUT2D eigenvalue weighted by molar-refractivity contribution is 6.32. The molecule has 1 aromatic heterocycles. The van der Waals surface area contributed by atoms with Gasteiger partial charge in [-0.3, -0.25) is 0 Å². The van der Waals surface area contributed by atoms with Crippen LogP contribution in [0.2, 0.25) is 5.02 Å². The second kappa shape index (κ2) is 5.10. The van der Waals surface area contributed by atoms with Crippen molar-refractivity contribution in [3.05, 3.63) is 28.5 Å². The molecule has 0 aliphatic rings. The maximum Gasteiger partial charge on any atom is 0.127 e. The summed E-state index contributed by atoms with van der Waals surface area (Å²) in [5, 5.41) is 0.672.